The molecule has 0 saturated carbocycles. The van der Waals surface area contributed by atoms with Gasteiger partial charge in [-0.25, -0.2) is 17.5 Å². The molecule has 0 aromatic heterocycles. The van der Waals surface area contributed by atoms with Crippen LogP contribution in [0.25, 0.3) is 0 Å². The Morgan fingerprint density at radius 2 is 1.50 bits per heavy atom. The van der Waals surface area contributed by atoms with Gasteiger partial charge < -0.3 is 4.74 Å². The number of carbonyl (C=O) groups excluding carboxylic acids is 1. The van der Waals surface area contributed by atoms with Gasteiger partial charge in [0, 0.05) is 11.6 Å². The van der Waals surface area contributed by atoms with Gasteiger partial charge in [-0.05, 0) is 54.8 Å². The number of hydrogen-bond donors (Lipinski definition) is 0. The highest BCUT2D eigenvalue weighted by Crippen LogP contribution is 2.17. The van der Waals surface area contributed by atoms with Crippen molar-refractivity contribution in [3.05, 3.63) is 102 Å². The molecule has 0 unspecified atom stereocenters. The molecule has 3 aromatic carbocycles. The number of sulfonamides is 1. The highest BCUT2D eigenvalue weighted by molar-refractivity contribution is 7.89. The van der Waals surface area contributed by atoms with Crippen LogP contribution < -0.4 is 0 Å². The van der Waals surface area contributed by atoms with E-state index in [4.69, 9.17) is 4.74 Å². The van der Waals surface area contributed by atoms with Crippen LogP contribution in [-0.2, 0) is 21.3 Å². The second kappa shape index (κ2) is 9.77. The molecule has 30 heavy (non-hydrogen) atoms. The first-order valence-corrected chi connectivity index (χ1v) is 10.9. The average molecular weight is 420 g/mol. The van der Waals surface area contributed by atoms with Crippen LogP contribution >= 0.6 is 0 Å². The Balaban J connectivity index is 1.91. The summed E-state index contributed by atoms with van der Waals surface area (Å²) in [4.78, 5) is 11.9. The molecule has 0 N–H and O–H groups in total. The standard InChI is InChI=1S/C24H21NO4S/c1-2-29-24(26)22-15-13-20(14-16-22)17-18-25(19-21-9-5-3-6-10-21)30(27,28)23-11-7-4-8-12-23/h3-16H,2,19H2,1H3. The molecule has 0 amide bonds. The molecule has 0 aliphatic heterocycles. The number of rotatable bonds is 6. The van der Waals surface area contributed by atoms with Gasteiger partial charge in [0.1, 0.15) is 0 Å². The molecular formula is C24H21NO4S. The molecule has 0 spiro atoms. The van der Waals surface area contributed by atoms with Crippen molar-refractivity contribution in [2.75, 3.05) is 6.61 Å². The van der Waals surface area contributed by atoms with Crippen molar-refractivity contribution < 1.29 is 17.9 Å². The zero-order valence-electron chi connectivity index (χ0n) is 16.5. The van der Waals surface area contributed by atoms with Crippen LogP contribution in [0.5, 0.6) is 0 Å². The number of nitrogens with zero attached hydrogens (tertiary/aromatic N) is 1. The molecule has 0 aliphatic carbocycles. The van der Waals surface area contributed by atoms with Crippen molar-refractivity contribution in [2.45, 2.75) is 18.4 Å². The van der Waals surface area contributed by atoms with Crippen LogP contribution in [0.2, 0.25) is 0 Å². The molecule has 0 atom stereocenters. The highest BCUT2D eigenvalue weighted by Gasteiger charge is 2.22. The third kappa shape index (κ3) is 5.28. The molecule has 0 heterocycles. The third-order valence-corrected chi connectivity index (χ3v) is 5.89. The largest absolute Gasteiger partial charge is 0.462 e. The van der Waals surface area contributed by atoms with Crippen molar-refractivity contribution in [3.8, 4) is 12.0 Å². The Hall–Kier alpha value is -3.56. The third-order valence-electron chi connectivity index (χ3n) is 4.22. The fourth-order valence-electron chi connectivity index (χ4n) is 2.68. The zero-order valence-corrected chi connectivity index (χ0v) is 17.3. The fourth-order valence-corrected chi connectivity index (χ4v) is 3.92. The lowest BCUT2D eigenvalue weighted by Gasteiger charge is -2.18. The maximum absolute atomic E-state index is 13.1. The van der Waals surface area contributed by atoms with Gasteiger partial charge in [0.15, 0.2) is 0 Å². The van der Waals surface area contributed by atoms with Gasteiger partial charge in [0.25, 0.3) is 10.0 Å². The van der Waals surface area contributed by atoms with Crippen molar-refractivity contribution in [1.82, 2.24) is 4.31 Å². The molecule has 5 nitrogen and oxygen atoms in total. The Morgan fingerprint density at radius 1 is 0.900 bits per heavy atom. The Labute approximate surface area is 177 Å². The minimum absolute atomic E-state index is 0.117. The SMILES string of the molecule is CCOC(=O)c1ccc(C#CN(Cc2ccccc2)S(=O)(=O)c2ccccc2)cc1. The summed E-state index contributed by atoms with van der Waals surface area (Å²) in [7, 11) is -3.81. The molecule has 152 valence electrons. The first-order valence-electron chi connectivity index (χ1n) is 9.41. The van der Waals surface area contributed by atoms with Crippen LogP contribution in [0, 0.1) is 12.0 Å². The summed E-state index contributed by atoms with van der Waals surface area (Å²) in [6, 6.07) is 26.8. The smallest absolute Gasteiger partial charge is 0.338 e. The molecule has 6 heteroatoms. The first kappa shape index (κ1) is 21.2. The number of hydrogen-bond acceptors (Lipinski definition) is 4. The monoisotopic (exact) mass is 419 g/mol. The number of carbonyl (C=O) groups is 1. The van der Waals surface area contributed by atoms with E-state index < -0.39 is 16.0 Å². The van der Waals surface area contributed by atoms with E-state index in [0.29, 0.717) is 17.7 Å². The van der Waals surface area contributed by atoms with Crippen LogP contribution in [0.1, 0.15) is 28.4 Å². The maximum Gasteiger partial charge on any atom is 0.338 e. The fraction of sp³-hybridized carbons (Fsp3) is 0.125. The van der Waals surface area contributed by atoms with E-state index in [-0.39, 0.29) is 11.4 Å². The lowest BCUT2D eigenvalue weighted by Crippen LogP contribution is -2.26. The lowest BCUT2D eigenvalue weighted by molar-refractivity contribution is 0.0526. The molecule has 0 aliphatic rings. The van der Waals surface area contributed by atoms with Gasteiger partial charge in [0.2, 0.25) is 0 Å². The van der Waals surface area contributed by atoms with Crippen LogP contribution in [-0.4, -0.2) is 25.3 Å². The van der Waals surface area contributed by atoms with Crippen molar-refractivity contribution in [2.24, 2.45) is 0 Å². The molecule has 0 saturated heterocycles. The predicted molar refractivity (Wildman–Crippen MR) is 115 cm³/mol. The van der Waals surface area contributed by atoms with Gasteiger partial charge in [0.05, 0.1) is 23.6 Å². The second-order valence-corrected chi connectivity index (χ2v) is 8.21. The summed E-state index contributed by atoms with van der Waals surface area (Å²) in [5, 5.41) is 0. The first-order chi connectivity index (χ1) is 14.5. The summed E-state index contributed by atoms with van der Waals surface area (Å²) in [5.74, 6) is 2.48. The highest BCUT2D eigenvalue weighted by atomic mass is 32.2. The minimum Gasteiger partial charge on any atom is -0.462 e. The van der Waals surface area contributed by atoms with Gasteiger partial charge in [-0.3, -0.25) is 0 Å². The van der Waals surface area contributed by atoms with E-state index in [1.165, 1.54) is 0 Å². The van der Waals surface area contributed by atoms with E-state index >= 15 is 0 Å². The normalized spacial score (nSPS) is 10.6. The Kier molecular flexibility index (Phi) is 6.89. The summed E-state index contributed by atoms with van der Waals surface area (Å²) < 4.78 is 32.4. The Bertz CT molecular complexity index is 1150. The Morgan fingerprint density at radius 3 is 2.10 bits per heavy atom. The quantitative estimate of drug-likeness (QED) is 0.343. The van der Waals surface area contributed by atoms with Crippen molar-refractivity contribution in [1.29, 1.82) is 0 Å². The number of benzene rings is 3. The lowest BCUT2D eigenvalue weighted by atomic mass is 10.1. The molecular weight excluding hydrogens is 398 g/mol. The topological polar surface area (TPSA) is 63.7 Å². The number of esters is 1. The average Bonchev–Trinajstić information content (AvgIpc) is 2.78. The molecule has 0 fully saturated rings. The van der Waals surface area contributed by atoms with E-state index in [1.54, 1.807) is 61.5 Å². The van der Waals surface area contributed by atoms with E-state index in [2.05, 4.69) is 12.0 Å². The van der Waals surface area contributed by atoms with Crippen molar-refractivity contribution in [3.63, 3.8) is 0 Å². The summed E-state index contributed by atoms with van der Waals surface area (Å²) in [6.45, 7) is 2.16. The van der Waals surface area contributed by atoms with Crippen LogP contribution in [0.3, 0.4) is 0 Å². The van der Waals surface area contributed by atoms with Gasteiger partial charge in [-0.15, -0.1) is 0 Å². The molecule has 3 aromatic rings. The predicted octanol–water partition coefficient (Wildman–Crippen LogP) is 4.06. The zero-order chi connectivity index (χ0) is 21.4. The maximum atomic E-state index is 13.1. The van der Waals surface area contributed by atoms with E-state index in [9.17, 15) is 13.2 Å². The molecule has 0 radical (unpaired) electrons. The summed E-state index contributed by atoms with van der Waals surface area (Å²) in [6.07, 6.45) is 0. The second-order valence-electron chi connectivity index (χ2n) is 6.34. The molecule has 3 rings (SSSR count). The van der Waals surface area contributed by atoms with Gasteiger partial charge >= 0.3 is 5.97 Å². The van der Waals surface area contributed by atoms with Crippen molar-refractivity contribution >= 4 is 16.0 Å². The summed E-state index contributed by atoms with van der Waals surface area (Å²) in [5.41, 5.74) is 1.83. The minimum atomic E-state index is -3.81. The molecule has 0 bridgehead atoms. The summed E-state index contributed by atoms with van der Waals surface area (Å²) >= 11 is 0. The van der Waals surface area contributed by atoms with E-state index in [1.807, 2.05) is 30.3 Å². The van der Waals surface area contributed by atoms with Gasteiger partial charge in [-0.2, -0.15) is 0 Å². The van der Waals surface area contributed by atoms with Crippen LogP contribution in [0.4, 0.5) is 0 Å². The van der Waals surface area contributed by atoms with E-state index in [0.717, 1.165) is 9.87 Å². The number of ether oxygens (including phenoxy) is 1. The van der Waals surface area contributed by atoms with Crippen LogP contribution in [0.15, 0.2) is 89.8 Å². The van der Waals surface area contributed by atoms with Gasteiger partial charge in [-0.1, -0.05) is 48.5 Å².